The van der Waals surface area contributed by atoms with Crippen LogP contribution in [-0.2, 0) is 11.0 Å². The van der Waals surface area contributed by atoms with Gasteiger partial charge in [-0.05, 0) is 37.3 Å². The molecule has 3 N–H and O–H groups in total. The predicted molar refractivity (Wildman–Crippen MR) is 98.2 cm³/mol. The highest BCUT2D eigenvalue weighted by molar-refractivity contribution is 6.09. The monoisotopic (exact) mass is 397 g/mol. The first kappa shape index (κ1) is 21.4. The quantitative estimate of drug-likeness (QED) is 0.473. The first-order valence-electron chi connectivity index (χ1n) is 8.18. The smallest absolute Gasteiger partial charge is 0.366 e. The second kappa shape index (κ2) is 7.97. The number of aromatic nitrogens is 1. The zero-order valence-corrected chi connectivity index (χ0v) is 15.3. The van der Waals surface area contributed by atoms with Crippen molar-refractivity contribution in [3.8, 4) is 0 Å². The third-order valence-electron chi connectivity index (χ3n) is 4.34. The molecule has 0 radical (unpaired) electrons. The van der Waals surface area contributed by atoms with Gasteiger partial charge in [0.25, 0.3) is 5.91 Å². The van der Waals surface area contributed by atoms with E-state index < -0.39 is 23.6 Å². The van der Waals surface area contributed by atoms with Crippen molar-refractivity contribution < 1.29 is 27.2 Å². The number of hydrogen-bond acceptors (Lipinski definition) is 3. The zero-order valence-electron chi connectivity index (χ0n) is 15.3. The molecule has 150 valence electrons. The highest BCUT2D eigenvalue weighted by Crippen LogP contribution is 2.40. The number of nitrogens with two attached hydrogens (primary N) is 1. The van der Waals surface area contributed by atoms with Crippen molar-refractivity contribution in [2.24, 2.45) is 5.73 Å². The Labute approximate surface area is 158 Å². The van der Waals surface area contributed by atoms with Gasteiger partial charge in [-0.15, -0.1) is 0 Å². The summed E-state index contributed by atoms with van der Waals surface area (Å²) >= 11 is 0. The van der Waals surface area contributed by atoms with Crippen LogP contribution in [-0.4, -0.2) is 42.2 Å². The van der Waals surface area contributed by atoms with E-state index in [4.69, 9.17) is 10.5 Å². The van der Waals surface area contributed by atoms with Gasteiger partial charge in [-0.2, -0.15) is 13.2 Å². The molecule has 1 aromatic carbocycles. The minimum Gasteiger partial charge on any atom is -0.366 e. The molecule has 0 bridgehead atoms. The van der Waals surface area contributed by atoms with Crippen LogP contribution in [0, 0.1) is 12.7 Å². The van der Waals surface area contributed by atoms with Crippen molar-refractivity contribution >= 4 is 28.7 Å². The summed E-state index contributed by atoms with van der Waals surface area (Å²) in [5.41, 5.74) is 4.36. The first-order valence-corrected chi connectivity index (χ1v) is 8.18. The molecule has 0 spiro atoms. The second-order valence-electron chi connectivity index (χ2n) is 6.32. The lowest BCUT2D eigenvalue weighted by Crippen LogP contribution is -2.15. The zero-order chi connectivity index (χ0) is 21.2. The van der Waals surface area contributed by atoms with Gasteiger partial charge in [0.2, 0.25) is 0 Å². The van der Waals surface area contributed by atoms with Gasteiger partial charge in [0.05, 0.1) is 11.1 Å². The molecule has 0 saturated heterocycles. The number of likely N-dealkylation sites (N-methyl/N-ethyl adjacent to an activating group) is 1. The number of aryl methyl sites for hydroxylation is 1. The number of aromatic amines is 1. The van der Waals surface area contributed by atoms with Crippen LogP contribution in [0.5, 0.6) is 0 Å². The molecule has 2 aromatic rings. The lowest BCUT2D eigenvalue weighted by atomic mass is 9.95. The summed E-state index contributed by atoms with van der Waals surface area (Å²) in [5.74, 6) is -1.74. The number of nitrogens with zero attached hydrogens (tertiary/aromatic N) is 1. The van der Waals surface area contributed by atoms with Gasteiger partial charge in [0.15, 0.2) is 0 Å². The number of primary amides is 1. The number of carbonyl (C=O) groups excluding carboxylic acids is 2. The molecule has 1 aliphatic heterocycles. The molecule has 0 fully saturated rings. The number of rotatable bonds is 3. The van der Waals surface area contributed by atoms with Crippen molar-refractivity contribution in [2.75, 3.05) is 20.1 Å². The Kier molecular flexibility index (Phi) is 6.08. The summed E-state index contributed by atoms with van der Waals surface area (Å²) in [6.07, 6.45) is -1.05. The Morgan fingerprint density at radius 1 is 1.39 bits per heavy atom. The molecule has 0 aliphatic carbocycles. The number of benzene rings is 1. The Morgan fingerprint density at radius 2 is 2.00 bits per heavy atom. The maximum absolute atomic E-state index is 14.6. The lowest BCUT2D eigenvalue weighted by molar-refractivity contribution is -0.141. The number of alkyl halides is 3. The van der Waals surface area contributed by atoms with Gasteiger partial charge in [-0.25, -0.2) is 4.39 Å². The molecule has 1 amide bonds. The summed E-state index contributed by atoms with van der Waals surface area (Å²) in [6, 6.07) is 0.898. The maximum atomic E-state index is 14.6. The fraction of sp³-hybridized carbons (Fsp3) is 0.263. The standard InChI is InChI=1S/C16H15F4N3O.C3H4O/c1-7-11-12(8-3-4-23(2)6-8)10(17)5-9(15(21)24)13(11)22-14(7)16(18,19)20;1-2-3-4/h3,5,22H,4,6H2,1-2H3,(H2,21,24);2-3H,1H2. The normalized spacial score (nSPS) is 14.4. The van der Waals surface area contributed by atoms with E-state index in [0.29, 0.717) is 24.9 Å². The van der Waals surface area contributed by atoms with E-state index in [-0.39, 0.29) is 27.6 Å². The minimum atomic E-state index is -4.65. The van der Waals surface area contributed by atoms with Crippen molar-refractivity contribution in [1.29, 1.82) is 0 Å². The van der Waals surface area contributed by atoms with Crippen LogP contribution in [0.25, 0.3) is 16.5 Å². The van der Waals surface area contributed by atoms with Crippen molar-refractivity contribution in [3.63, 3.8) is 0 Å². The van der Waals surface area contributed by atoms with E-state index in [2.05, 4.69) is 11.6 Å². The Hall–Kier alpha value is -2.94. The van der Waals surface area contributed by atoms with Crippen LogP contribution in [0.3, 0.4) is 0 Å². The number of nitrogens with one attached hydrogen (secondary N) is 1. The summed E-state index contributed by atoms with van der Waals surface area (Å²) in [5, 5.41) is 0.0534. The number of allylic oxidation sites excluding steroid dienone is 1. The number of fused-ring (bicyclic) bond motifs is 1. The fourth-order valence-corrected chi connectivity index (χ4v) is 3.16. The van der Waals surface area contributed by atoms with Crippen LogP contribution in [0.4, 0.5) is 17.6 Å². The van der Waals surface area contributed by atoms with Crippen LogP contribution < -0.4 is 5.73 Å². The molecule has 2 heterocycles. The van der Waals surface area contributed by atoms with Gasteiger partial charge < -0.3 is 10.7 Å². The maximum Gasteiger partial charge on any atom is 0.431 e. The molecule has 9 heteroatoms. The van der Waals surface area contributed by atoms with Gasteiger partial charge in [0, 0.05) is 24.0 Å². The van der Waals surface area contributed by atoms with E-state index in [1.807, 2.05) is 11.9 Å². The van der Waals surface area contributed by atoms with Gasteiger partial charge >= 0.3 is 6.18 Å². The summed E-state index contributed by atoms with van der Waals surface area (Å²) in [4.78, 5) is 24.7. The summed E-state index contributed by atoms with van der Waals surface area (Å²) < 4.78 is 54.3. The molecule has 0 saturated carbocycles. The number of H-pyrrole nitrogens is 1. The number of hydrogen-bond donors (Lipinski definition) is 2. The summed E-state index contributed by atoms with van der Waals surface area (Å²) in [7, 11) is 1.82. The molecule has 0 unspecified atom stereocenters. The van der Waals surface area contributed by atoms with Crippen LogP contribution in [0.1, 0.15) is 27.2 Å². The molecule has 3 rings (SSSR count). The Balaban J connectivity index is 0.000000640. The summed E-state index contributed by atoms with van der Waals surface area (Å²) in [6.45, 7) is 5.35. The van der Waals surface area contributed by atoms with Crippen molar-refractivity contribution in [3.05, 3.63) is 53.0 Å². The second-order valence-corrected chi connectivity index (χ2v) is 6.32. The number of aldehydes is 1. The van der Waals surface area contributed by atoms with Gasteiger partial charge in [0.1, 0.15) is 17.8 Å². The Bertz CT molecular complexity index is 968. The topological polar surface area (TPSA) is 79.2 Å². The van der Waals surface area contributed by atoms with E-state index in [9.17, 15) is 22.4 Å². The molecular formula is C19H19F4N3O2. The number of carbonyl (C=O) groups is 2. The van der Waals surface area contributed by atoms with E-state index in [1.54, 1.807) is 6.08 Å². The highest BCUT2D eigenvalue weighted by atomic mass is 19.4. The van der Waals surface area contributed by atoms with Gasteiger partial charge in [-0.3, -0.25) is 14.5 Å². The molecule has 1 aliphatic rings. The predicted octanol–water partition coefficient (Wildman–Crippen LogP) is 3.43. The van der Waals surface area contributed by atoms with Crippen LogP contribution >= 0.6 is 0 Å². The average molecular weight is 397 g/mol. The molecule has 5 nitrogen and oxygen atoms in total. The number of amides is 1. The Morgan fingerprint density at radius 3 is 2.43 bits per heavy atom. The third-order valence-corrected chi connectivity index (χ3v) is 4.34. The largest absolute Gasteiger partial charge is 0.431 e. The van der Waals surface area contributed by atoms with Gasteiger partial charge in [-0.1, -0.05) is 12.7 Å². The number of halogens is 4. The van der Waals surface area contributed by atoms with Crippen molar-refractivity contribution in [1.82, 2.24) is 9.88 Å². The first-order chi connectivity index (χ1) is 13.0. The van der Waals surface area contributed by atoms with E-state index >= 15 is 0 Å². The van der Waals surface area contributed by atoms with Crippen LogP contribution in [0.2, 0.25) is 0 Å². The highest BCUT2D eigenvalue weighted by Gasteiger charge is 2.37. The minimum absolute atomic E-state index is 0.0534. The lowest BCUT2D eigenvalue weighted by Gasteiger charge is -2.12. The molecule has 28 heavy (non-hydrogen) atoms. The van der Waals surface area contributed by atoms with Crippen LogP contribution in [0.15, 0.2) is 24.8 Å². The van der Waals surface area contributed by atoms with E-state index in [0.717, 1.165) is 6.07 Å². The van der Waals surface area contributed by atoms with Crippen molar-refractivity contribution in [2.45, 2.75) is 13.1 Å². The molecular weight excluding hydrogens is 378 g/mol. The average Bonchev–Trinajstić information content (AvgIpc) is 3.18. The van der Waals surface area contributed by atoms with E-state index in [1.165, 1.54) is 13.0 Å². The fourth-order valence-electron chi connectivity index (χ4n) is 3.16. The SMILES string of the molecule is C=CC=O.Cc1c(C(F)(F)F)[nH]c2c(C(N)=O)cc(F)c(C3=CCN(C)C3)c12. The molecule has 0 atom stereocenters. The molecule has 1 aromatic heterocycles. The third kappa shape index (κ3) is 3.99.